The Morgan fingerprint density at radius 3 is 2.53 bits per heavy atom. The molecule has 6 nitrogen and oxygen atoms in total. The van der Waals surface area contributed by atoms with E-state index < -0.39 is 23.7 Å². The number of hydrogen-bond donors (Lipinski definition) is 3. The van der Waals surface area contributed by atoms with E-state index in [0.29, 0.717) is 11.3 Å². The van der Waals surface area contributed by atoms with Gasteiger partial charge in [0.15, 0.2) is 11.4 Å². The summed E-state index contributed by atoms with van der Waals surface area (Å²) in [5.74, 6) is -1.76. The summed E-state index contributed by atoms with van der Waals surface area (Å²) in [6.45, 7) is 2.21. The molecule has 30 heavy (non-hydrogen) atoms. The normalized spacial score (nSPS) is 17.8. The second kappa shape index (κ2) is 7.31. The Labute approximate surface area is 173 Å². The van der Waals surface area contributed by atoms with Gasteiger partial charge in [0.25, 0.3) is 5.91 Å². The Morgan fingerprint density at radius 2 is 1.77 bits per heavy atom. The van der Waals surface area contributed by atoms with Gasteiger partial charge in [-0.25, -0.2) is 0 Å². The zero-order chi connectivity index (χ0) is 21.5. The number of para-hydroxylation sites is 1. The van der Waals surface area contributed by atoms with Crippen LogP contribution in [0.2, 0.25) is 0 Å². The number of hydrogen-bond acceptors (Lipinski definition) is 5. The summed E-state index contributed by atoms with van der Waals surface area (Å²) in [6, 6.07) is 18.1. The van der Waals surface area contributed by atoms with Gasteiger partial charge in [0.2, 0.25) is 0 Å². The molecule has 6 heteroatoms. The van der Waals surface area contributed by atoms with Gasteiger partial charge in [-0.15, -0.1) is 0 Å². The predicted molar refractivity (Wildman–Crippen MR) is 111 cm³/mol. The van der Waals surface area contributed by atoms with E-state index in [2.05, 4.69) is 0 Å². The van der Waals surface area contributed by atoms with Gasteiger partial charge in [-0.2, -0.15) is 0 Å². The second-order valence-corrected chi connectivity index (χ2v) is 7.56. The van der Waals surface area contributed by atoms with Gasteiger partial charge in [-0.1, -0.05) is 48.0 Å². The van der Waals surface area contributed by atoms with Crippen molar-refractivity contribution in [3.05, 3.63) is 89.0 Å². The first-order valence-electron chi connectivity index (χ1n) is 9.54. The molecule has 1 heterocycles. The monoisotopic (exact) mass is 403 g/mol. The quantitative estimate of drug-likeness (QED) is 0.448. The van der Waals surface area contributed by atoms with E-state index in [1.165, 1.54) is 17.0 Å². The number of carbonyl (C=O) groups is 2. The van der Waals surface area contributed by atoms with Crippen LogP contribution in [0.1, 0.15) is 33.5 Å². The average molecular weight is 403 g/mol. The van der Waals surface area contributed by atoms with Gasteiger partial charge < -0.3 is 20.2 Å². The van der Waals surface area contributed by atoms with E-state index in [0.717, 1.165) is 17.2 Å². The van der Waals surface area contributed by atoms with E-state index in [1.54, 1.807) is 24.3 Å². The molecule has 1 aliphatic heterocycles. The molecule has 0 saturated heterocycles. The van der Waals surface area contributed by atoms with Gasteiger partial charge in [0, 0.05) is 5.56 Å². The fourth-order valence-corrected chi connectivity index (χ4v) is 3.90. The SMILES string of the molecule is Cc1cccc(CN2C(=O)C(O)(CC(=O)c3cc(O)ccc3O)c3ccccc32)c1. The maximum atomic E-state index is 13.3. The molecule has 0 aliphatic carbocycles. The van der Waals surface area contributed by atoms with Crippen molar-refractivity contribution in [2.24, 2.45) is 0 Å². The van der Waals surface area contributed by atoms with E-state index in [-0.39, 0.29) is 23.6 Å². The number of aromatic hydroxyl groups is 2. The number of rotatable bonds is 5. The van der Waals surface area contributed by atoms with Crippen LogP contribution in [0.3, 0.4) is 0 Å². The minimum Gasteiger partial charge on any atom is -0.508 e. The van der Waals surface area contributed by atoms with Crippen LogP contribution in [-0.2, 0) is 16.9 Å². The fraction of sp³-hybridized carbons (Fsp3) is 0.167. The number of Topliss-reactive ketones (excluding diaryl/α,β-unsaturated/α-hetero) is 1. The molecule has 4 rings (SSSR count). The van der Waals surface area contributed by atoms with Crippen molar-refractivity contribution in [1.82, 2.24) is 0 Å². The number of amides is 1. The molecule has 1 unspecified atom stereocenters. The number of phenolic OH excluding ortho intramolecular Hbond substituents is 2. The van der Waals surface area contributed by atoms with E-state index in [1.807, 2.05) is 31.2 Å². The van der Waals surface area contributed by atoms with Gasteiger partial charge in [0.1, 0.15) is 11.5 Å². The van der Waals surface area contributed by atoms with Crippen LogP contribution in [0.4, 0.5) is 5.69 Å². The Balaban J connectivity index is 1.70. The number of ketones is 1. The first-order chi connectivity index (χ1) is 14.3. The van der Waals surface area contributed by atoms with Crippen molar-refractivity contribution in [3.8, 4) is 11.5 Å². The van der Waals surface area contributed by atoms with Crippen LogP contribution in [0.15, 0.2) is 66.7 Å². The van der Waals surface area contributed by atoms with Crippen LogP contribution in [0, 0.1) is 6.92 Å². The third-order valence-corrected chi connectivity index (χ3v) is 5.36. The molecule has 0 spiro atoms. The Kier molecular flexibility index (Phi) is 4.79. The number of phenols is 2. The molecule has 3 aromatic carbocycles. The number of anilines is 1. The van der Waals surface area contributed by atoms with Gasteiger partial charge in [0.05, 0.1) is 24.2 Å². The maximum Gasteiger partial charge on any atom is 0.264 e. The van der Waals surface area contributed by atoms with Gasteiger partial charge >= 0.3 is 0 Å². The smallest absolute Gasteiger partial charge is 0.264 e. The van der Waals surface area contributed by atoms with Crippen LogP contribution in [0.25, 0.3) is 0 Å². The molecule has 3 aromatic rings. The highest BCUT2D eigenvalue weighted by molar-refractivity contribution is 6.11. The lowest BCUT2D eigenvalue weighted by Crippen LogP contribution is -2.41. The van der Waals surface area contributed by atoms with Crippen LogP contribution < -0.4 is 4.90 Å². The standard InChI is InChI=1S/C24H21NO5/c1-15-5-4-6-16(11-15)14-25-20-8-3-2-7-19(20)24(30,23(25)29)13-22(28)18-12-17(26)9-10-21(18)27/h2-12,26-27,30H,13-14H2,1H3. The summed E-state index contributed by atoms with van der Waals surface area (Å²) < 4.78 is 0. The summed E-state index contributed by atoms with van der Waals surface area (Å²) in [7, 11) is 0. The lowest BCUT2D eigenvalue weighted by atomic mass is 9.88. The molecule has 3 N–H and O–H groups in total. The molecule has 0 saturated carbocycles. The molecular formula is C24H21NO5. The van der Waals surface area contributed by atoms with Crippen molar-refractivity contribution in [1.29, 1.82) is 0 Å². The lowest BCUT2D eigenvalue weighted by Gasteiger charge is -2.23. The largest absolute Gasteiger partial charge is 0.508 e. The Morgan fingerprint density at radius 1 is 1.00 bits per heavy atom. The first-order valence-corrected chi connectivity index (χ1v) is 9.54. The highest BCUT2D eigenvalue weighted by Gasteiger charge is 2.50. The molecule has 0 radical (unpaired) electrons. The number of aliphatic hydroxyl groups is 1. The zero-order valence-corrected chi connectivity index (χ0v) is 16.4. The highest BCUT2D eigenvalue weighted by atomic mass is 16.3. The van der Waals surface area contributed by atoms with Gasteiger partial charge in [-0.3, -0.25) is 9.59 Å². The summed E-state index contributed by atoms with van der Waals surface area (Å²) in [4.78, 5) is 27.6. The van der Waals surface area contributed by atoms with Crippen molar-refractivity contribution >= 4 is 17.4 Å². The maximum absolute atomic E-state index is 13.3. The third kappa shape index (κ3) is 3.31. The van der Waals surface area contributed by atoms with Crippen molar-refractivity contribution < 1.29 is 24.9 Å². The Hall–Kier alpha value is -3.64. The summed E-state index contributed by atoms with van der Waals surface area (Å²) in [6.07, 6.45) is -0.551. The topological polar surface area (TPSA) is 98.1 Å². The molecule has 1 aliphatic rings. The van der Waals surface area contributed by atoms with Crippen LogP contribution in [0.5, 0.6) is 11.5 Å². The molecule has 1 atom stereocenters. The number of benzene rings is 3. The zero-order valence-electron chi connectivity index (χ0n) is 16.4. The van der Waals surface area contributed by atoms with E-state index in [4.69, 9.17) is 0 Å². The average Bonchev–Trinajstić information content (AvgIpc) is 2.92. The molecule has 0 bridgehead atoms. The minimum atomic E-state index is -2.06. The summed E-state index contributed by atoms with van der Waals surface area (Å²) in [5.41, 5.74) is 0.632. The molecule has 152 valence electrons. The molecule has 0 aromatic heterocycles. The number of aryl methyl sites for hydroxylation is 1. The van der Waals surface area contributed by atoms with E-state index >= 15 is 0 Å². The Bertz CT molecular complexity index is 1160. The van der Waals surface area contributed by atoms with Crippen molar-refractivity contribution in [2.45, 2.75) is 25.5 Å². The summed E-state index contributed by atoms with van der Waals surface area (Å²) >= 11 is 0. The number of carbonyl (C=O) groups excluding carboxylic acids is 2. The highest BCUT2D eigenvalue weighted by Crippen LogP contribution is 2.44. The molecule has 1 amide bonds. The fourth-order valence-electron chi connectivity index (χ4n) is 3.90. The lowest BCUT2D eigenvalue weighted by molar-refractivity contribution is -0.136. The van der Waals surface area contributed by atoms with Gasteiger partial charge in [-0.05, 0) is 36.8 Å². The molecular weight excluding hydrogens is 382 g/mol. The van der Waals surface area contributed by atoms with Crippen LogP contribution in [-0.4, -0.2) is 27.0 Å². The number of nitrogens with zero attached hydrogens (tertiary/aromatic N) is 1. The van der Waals surface area contributed by atoms with Crippen molar-refractivity contribution in [3.63, 3.8) is 0 Å². The summed E-state index contributed by atoms with van der Waals surface area (Å²) in [5, 5.41) is 31.0. The van der Waals surface area contributed by atoms with E-state index in [9.17, 15) is 24.9 Å². The number of fused-ring (bicyclic) bond motifs is 1. The minimum absolute atomic E-state index is 0.147. The first kappa shape index (κ1) is 19.7. The molecule has 0 fully saturated rings. The third-order valence-electron chi connectivity index (χ3n) is 5.36. The van der Waals surface area contributed by atoms with Crippen molar-refractivity contribution in [2.75, 3.05) is 4.90 Å². The predicted octanol–water partition coefficient (Wildman–Crippen LogP) is 3.41. The van der Waals surface area contributed by atoms with Crippen LogP contribution >= 0.6 is 0 Å². The second-order valence-electron chi connectivity index (χ2n) is 7.56.